The fraction of sp³-hybridized carbons (Fsp3) is 0.930. The van der Waals surface area contributed by atoms with Crippen molar-refractivity contribution in [2.45, 2.75) is 243 Å². The van der Waals surface area contributed by atoms with Crippen LogP contribution in [0.4, 0.5) is 0 Å². The first kappa shape index (κ1) is 49.9. The molecule has 1 amide bonds. The molecule has 0 radical (unpaired) electrons. The Morgan fingerprint density at radius 1 is 0.642 bits per heavy atom. The Morgan fingerprint density at radius 2 is 1.08 bits per heavy atom. The van der Waals surface area contributed by atoms with Gasteiger partial charge in [0.1, 0.15) is 30.5 Å². The van der Waals surface area contributed by atoms with Crippen molar-refractivity contribution in [1.82, 2.24) is 5.32 Å². The number of aliphatic hydroxyl groups is 6. The molecule has 1 fully saturated rings. The Bertz CT molecular complexity index is 860. The molecule has 0 aromatic carbocycles. The van der Waals surface area contributed by atoms with Crippen molar-refractivity contribution in [3.05, 3.63) is 12.2 Å². The molecule has 10 nitrogen and oxygen atoms in total. The topological polar surface area (TPSA) is 169 Å². The third-order valence-corrected chi connectivity index (χ3v) is 10.7. The molecule has 10 heteroatoms. The van der Waals surface area contributed by atoms with Gasteiger partial charge in [-0.1, -0.05) is 187 Å². The van der Waals surface area contributed by atoms with Gasteiger partial charge in [0, 0.05) is 0 Å². The number of unbranched alkanes of at least 4 members (excludes halogenated alkanes) is 25. The second-order valence-electron chi connectivity index (χ2n) is 15.6. The van der Waals surface area contributed by atoms with Gasteiger partial charge in [0.15, 0.2) is 6.29 Å². The highest BCUT2D eigenvalue weighted by atomic mass is 16.7. The summed E-state index contributed by atoms with van der Waals surface area (Å²) >= 11 is 0. The van der Waals surface area contributed by atoms with Crippen LogP contribution in [-0.2, 0) is 14.3 Å². The first-order valence-electron chi connectivity index (χ1n) is 22.0. The van der Waals surface area contributed by atoms with Crippen molar-refractivity contribution < 1.29 is 44.9 Å². The van der Waals surface area contributed by atoms with Crippen LogP contribution in [0.2, 0.25) is 0 Å². The summed E-state index contributed by atoms with van der Waals surface area (Å²) in [7, 11) is 0. The minimum atomic E-state index is -1.61. The van der Waals surface area contributed by atoms with Crippen LogP contribution < -0.4 is 5.32 Å². The number of carbonyl (C=O) groups is 1. The maximum absolute atomic E-state index is 13.0. The van der Waals surface area contributed by atoms with Gasteiger partial charge in [-0.15, -0.1) is 0 Å². The fourth-order valence-corrected chi connectivity index (χ4v) is 7.04. The van der Waals surface area contributed by atoms with Gasteiger partial charge < -0.3 is 45.4 Å². The minimum Gasteiger partial charge on any atom is -0.394 e. The summed E-state index contributed by atoms with van der Waals surface area (Å²) in [6, 6.07) is -0.973. The van der Waals surface area contributed by atoms with Crippen molar-refractivity contribution in [2.75, 3.05) is 13.2 Å². The summed E-state index contributed by atoms with van der Waals surface area (Å²) in [6.45, 7) is 3.60. The highest BCUT2D eigenvalue weighted by Crippen LogP contribution is 2.23. The van der Waals surface area contributed by atoms with Gasteiger partial charge in [-0.05, 0) is 19.3 Å². The molecule has 1 aliphatic rings. The van der Waals surface area contributed by atoms with Crippen LogP contribution in [0.25, 0.3) is 0 Å². The van der Waals surface area contributed by atoms with Crippen molar-refractivity contribution >= 4 is 5.91 Å². The maximum atomic E-state index is 13.0. The molecule has 8 atom stereocenters. The van der Waals surface area contributed by atoms with E-state index in [9.17, 15) is 35.4 Å². The van der Waals surface area contributed by atoms with E-state index >= 15 is 0 Å². The number of aliphatic hydroxyl groups excluding tert-OH is 6. The van der Waals surface area contributed by atoms with Crippen molar-refractivity contribution in [3.8, 4) is 0 Å². The Hall–Kier alpha value is -1.11. The Morgan fingerprint density at radius 3 is 1.53 bits per heavy atom. The van der Waals surface area contributed by atoms with Crippen LogP contribution >= 0.6 is 0 Å². The number of rotatable bonds is 36. The van der Waals surface area contributed by atoms with E-state index in [-0.39, 0.29) is 6.61 Å². The van der Waals surface area contributed by atoms with Crippen LogP contribution in [0.15, 0.2) is 12.2 Å². The number of carbonyl (C=O) groups excluding carboxylic acids is 1. The summed E-state index contributed by atoms with van der Waals surface area (Å²) in [5, 5.41) is 64.5. The summed E-state index contributed by atoms with van der Waals surface area (Å²) in [5.41, 5.74) is 0. The molecular weight excluding hydrogens is 674 g/mol. The molecule has 314 valence electrons. The molecule has 0 aromatic heterocycles. The van der Waals surface area contributed by atoms with E-state index in [0.29, 0.717) is 6.42 Å². The SMILES string of the molecule is CCCCCCCCCCCCCC/C=C/C(O)C(COC1OC(CO)C(O)C(O)C1O)NC(=O)C(O)CCCCCCCCCCCCCCCC. The van der Waals surface area contributed by atoms with Crippen LogP contribution in [-0.4, -0.2) is 98.7 Å². The first-order valence-corrected chi connectivity index (χ1v) is 22.0. The van der Waals surface area contributed by atoms with E-state index in [4.69, 9.17) is 9.47 Å². The van der Waals surface area contributed by atoms with Gasteiger partial charge in [-0.3, -0.25) is 4.79 Å². The van der Waals surface area contributed by atoms with E-state index in [1.54, 1.807) is 6.08 Å². The lowest BCUT2D eigenvalue weighted by atomic mass is 9.99. The molecule has 7 N–H and O–H groups in total. The molecule has 0 bridgehead atoms. The molecule has 1 rings (SSSR count). The third-order valence-electron chi connectivity index (χ3n) is 10.7. The summed E-state index contributed by atoms with van der Waals surface area (Å²) in [5.74, 6) is -0.615. The molecule has 0 saturated carbocycles. The van der Waals surface area contributed by atoms with Gasteiger partial charge in [-0.25, -0.2) is 0 Å². The van der Waals surface area contributed by atoms with Gasteiger partial charge in [0.25, 0.3) is 0 Å². The average molecular weight is 758 g/mol. The zero-order chi connectivity index (χ0) is 38.9. The molecule has 8 unspecified atom stereocenters. The van der Waals surface area contributed by atoms with Crippen LogP contribution in [0.3, 0.4) is 0 Å². The lowest BCUT2D eigenvalue weighted by Crippen LogP contribution is -2.60. The van der Waals surface area contributed by atoms with Crippen molar-refractivity contribution in [3.63, 3.8) is 0 Å². The van der Waals surface area contributed by atoms with Gasteiger partial charge in [0.05, 0.1) is 25.4 Å². The summed E-state index contributed by atoms with van der Waals surface area (Å²) in [6.07, 6.45) is 27.2. The van der Waals surface area contributed by atoms with E-state index in [1.807, 2.05) is 6.08 Å². The largest absolute Gasteiger partial charge is 0.394 e. The second-order valence-corrected chi connectivity index (χ2v) is 15.6. The minimum absolute atomic E-state index is 0.301. The Labute approximate surface area is 323 Å². The van der Waals surface area contributed by atoms with E-state index in [1.165, 1.54) is 128 Å². The molecule has 1 heterocycles. The quantitative estimate of drug-likeness (QED) is 0.0252. The average Bonchev–Trinajstić information content (AvgIpc) is 3.16. The predicted octanol–water partition coefficient (Wildman–Crippen LogP) is 7.53. The molecular formula is C43H83NO9. The molecule has 0 aromatic rings. The molecule has 0 aliphatic carbocycles. The Kier molecular flexibility index (Phi) is 32.2. The highest BCUT2D eigenvalue weighted by Gasteiger charge is 2.44. The lowest BCUT2D eigenvalue weighted by molar-refractivity contribution is -0.302. The zero-order valence-electron chi connectivity index (χ0n) is 33.9. The Balaban J connectivity index is 2.45. The number of ether oxygens (including phenoxy) is 2. The highest BCUT2D eigenvalue weighted by molar-refractivity contribution is 5.80. The smallest absolute Gasteiger partial charge is 0.249 e. The molecule has 53 heavy (non-hydrogen) atoms. The van der Waals surface area contributed by atoms with Crippen LogP contribution in [0, 0.1) is 0 Å². The number of amides is 1. The third kappa shape index (κ3) is 24.9. The first-order chi connectivity index (χ1) is 25.8. The number of nitrogens with one attached hydrogen (secondary N) is 1. The summed E-state index contributed by atoms with van der Waals surface area (Å²) < 4.78 is 11.1. The van der Waals surface area contributed by atoms with E-state index in [2.05, 4.69) is 19.2 Å². The van der Waals surface area contributed by atoms with Crippen molar-refractivity contribution in [2.24, 2.45) is 0 Å². The van der Waals surface area contributed by atoms with Gasteiger partial charge >= 0.3 is 0 Å². The van der Waals surface area contributed by atoms with Gasteiger partial charge in [0.2, 0.25) is 5.91 Å². The monoisotopic (exact) mass is 758 g/mol. The normalized spacial score (nSPS) is 22.3. The van der Waals surface area contributed by atoms with Crippen LogP contribution in [0.1, 0.15) is 194 Å². The van der Waals surface area contributed by atoms with Gasteiger partial charge in [-0.2, -0.15) is 0 Å². The maximum Gasteiger partial charge on any atom is 0.249 e. The molecule has 1 aliphatic heterocycles. The van der Waals surface area contributed by atoms with Crippen molar-refractivity contribution in [1.29, 1.82) is 0 Å². The number of hydrogen-bond acceptors (Lipinski definition) is 9. The lowest BCUT2D eigenvalue weighted by Gasteiger charge is -2.40. The van der Waals surface area contributed by atoms with Crippen LogP contribution in [0.5, 0.6) is 0 Å². The number of hydrogen-bond donors (Lipinski definition) is 7. The van der Waals surface area contributed by atoms with E-state index < -0.39 is 61.5 Å². The molecule has 1 saturated heterocycles. The zero-order valence-corrected chi connectivity index (χ0v) is 33.9. The number of allylic oxidation sites excluding steroid dienone is 1. The van der Waals surface area contributed by atoms with E-state index in [0.717, 1.165) is 44.9 Å². The molecule has 0 spiro atoms. The summed E-state index contributed by atoms with van der Waals surface area (Å²) in [4.78, 5) is 13.0. The predicted molar refractivity (Wildman–Crippen MR) is 213 cm³/mol. The fourth-order valence-electron chi connectivity index (χ4n) is 7.04. The standard InChI is InChI=1S/C43H83NO9/c1-3-5-7-9-11-13-15-17-19-21-23-25-27-29-31-36(46)35(34-52-43-41(50)40(49)39(48)38(33-45)53-43)44-42(51)37(47)32-30-28-26-24-22-20-18-16-14-12-10-8-6-4-2/h29,31,35-41,43,45-50H,3-28,30,32-34H2,1-2H3,(H,44,51)/b31-29+. The second kappa shape index (κ2) is 34.2.